The molecule has 1 aliphatic heterocycles. The van der Waals surface area contributed by atoms with E-state index in [4.69, 9.17) is 4.74 Å². The number of para-hydroxylation sites is 1. The first-order valence-corrected chi connectivity index (χ1v) is 14.3. The molecule has 40 heavy (non-hydrogen) atoms. The lowest BCUT2D eigenvalue weighted by Crippen LogP contribution is -2.44. The highest BCUT2D eigenvalue weighted by Crippen LogP contribution is 2.45. The van der Waals surface area contributed by atoms with Crippen LogP contribution in [0.3, 0.4) is 0 Å². The van der Waals surface area contributed by atoms with Gasteiger partial charge in [0.2, 0.25) is 5.91 Å². The molecule has 6 nitrogen and oxygen atoms in total. The summed E-state index contributed by atoms with van der Waals surface area (Å²) in [6.45, 7) is 1.19. The Kier molecular flexibility index (Phi) is 8.63. The fraction of sp³-hybridized carbons (Fsp3) is 0.382. The Morgan fingerprint density at radius 1 is 0.875 bits per heavy atom. The highest BCUT2D eigenvalue weighted by molar-refractivity contribution is 5.97. The number of amides is 2. The highest BCUT2D eigenvalue weighted by atomic mass is 16.5. The minimum absolute atomic E-state index is 0.0673. The fourth-order valence-electron chi connectivity index (χ4n) is 6.57. The van der Waals surface area contributed by atoms with E-state index in [1.807, 2.05) is 48.5 Å². The summed E-state index contributed by atoms with van der Waals surface area (Å²) in [6, 6.07) is 27.6. The van der Waals surface area contributed by atoms with Gasteiger partial charge in [-0.25, -0.2) is 0 Å². The molecular weight excluding hydrogens is 500 g/mol. The third kappa shape index (κ3) is 6.27. The van der Waals surface area contributed by atoms with E-state index in [0.29, 0.717) is 43.2 Å². The molecule has 1 atom stereocenters. The SMILES string of the molecule is COc1ccccc1C(=O)NCC1(c2ccccc2)CCC(C2CC(=O)CN(Cc3ccccc3)C(=O)C2)CC1. The number of carbonyl (C=O) groups excluding carboxylic acids is 3. The normalized spacial score (nSPS) is 23.4. The lowest BCUT2D eigenvalue weighted by Gasteiger charge is -2.43. The zero-order valence-corrected chi connectivity index (χ0v) is 23.2. The zero-order valence-electron chi connectivity index (χ0n) is 23.2. The standard InChI is InChI=1S/C34H38N2O4/c1-40-31-15-9-8-14-30(31)33(39)35-24-34(28-12-6-3-7-13-28)18-16-26(17-19-34)27-20-29(37)23-36(32(38)21-27)22-25-10-4-2-5-11-25/h2-15,26-27H,16-24H2,1H3,(H,35,39). The van der Waals surface area contributed by atoms with Crippen molar-refractivity contribution in [1.29, 1.82) is 0 Å². The van der Waals surface area contributed by atoms with Gasteiger partial charge in [0.05, 0.1) is 19.2 Å². The summed E-state index contributed by atoms with van der Waals surface area (Å²) >= 11 is 0. The van der Waals surface area contributed by atoms with Crippen LogP contribution in [-0.4, -0.2) is 42.7 Å². The molecule has 6 heteroatoms. The number of nitrogens with one attached hydrogen (secondary N) is 1. The first-order valence-electron chi connectivity index (χ1n) is 14.3. The van der Waals surface area contributed by atoms with Crippen LogP contribution in [0.1, 0.15) is 60.0 Å². The predicted molar refractivity (Wildman–Crippen MR) is 155 cm³/mol. The maximum Gasteiger partial charge on any atom is 0.255 e. The van der Waals surface area contributed by atoms with Gasteiger partial charge in [-0.15, -0.1) is 0 Å². The van der Waals surface area contributed by atoms with Crippen LogP contribution in [0.15, 0.2) is 84.9 Å². The molecule has 3 aromatic carbocycles. The van der Waals surface area contributed by atoms with Crippen LogP contribution < -0.4 is 10.1 Å². The minimum atomic E-state index is -0.201. The Labute approximate surface area is 236 Å². The van der Waals surface area contributed by atoms with Gasteiger partial charge in [0.1, 0.15) is 5.75 Å². The van der Waals surface area contributed by atoms with Gasteiger partial charge in [-0.1, -0.05) is 72.8 Å². The van der Waals surface area contributed by atoms with E-state index in [1.54, 1.807) is 24.1 Å². The Morgan fingerprint density at radius 2 is 1.52 bits per heavy atom. The summed E-state index contributed by atoms with van der Waals surface area (Å²) in [4.78, 5) is 41.1. The molecule has 1 N–H and O–H groups in total. The monoisotopic (exact) mass is 538 g/mol. The van der Waals surface area contributed by atoms with Gasteiger partial charge >= 0.3 is 0 Å². The molecule has 1 saturated heterocycles. The van der Waals surface area contributed by atoms with Crippen molar-refractivity contribution in [3.05, 3.63) is 102 Å². The van der Waals surface area contributed by atoms with Crippen molar-refractivity contribution in [2.24, 2.45) is 11.8 Å². The summed E-state index contributed by atoms with van der Waals surface area (Å²) < 4.78 is 5.40. The van der Waals surface area contributed by atoms with Crippen LogP contribution in [0.2, 0.25) is 0 Å². The topological polar surface area (TPSA) is 75.7 Å². The van der Waals surface area contributed by atoms with E-state index in [1.165, 1.54) is 5.56 Å². The van der Waals surface area contributed by atoms with Crippen LogP contribution in [0.25, 0.3) is 0 Å². The zero-order chi connectivity index (χ0) is 28.0. The molecule has 1 unspecified atom stereocenters. The van der Waals surface area contributed by atoms with Crippen molar-refractivity contribution in [1.82, 2.24) is 10.2 Å². The molecule has 2 amide bonds. The molecule has 1 heterocycles. The van der Waals surface area contributed by atoms with Crippen molar-refractivity contribution in [3.8, 4) is 5.75 Å². The number of nitrogens with zero attached hydrogens (tertiary/aromatic N) is 1. The maximum absolute atomic E-state index is 13.2. The Bertz CT molecular complexity index is 1320. The van der Waals surface area contributed by atoms with Gasteiger partial charge in [-0.05, 0) is 60.8 Å². The molecule has 2 fully saturated rings. The summed E-state index contributed by atoms with van der Waals surface area (Å²) in [6.07, 6.45) is 4.50. The van der Waals surface area contributed by atoms with Gasteiger partial charge in [0, 0.05) is 31.3 Å². The van der Waals surface area contributed by atoms with E-state index in [9.17, 15) is 14.4 Å². The first-order chi connectivity index (χ1) is 19.5. The van der Waals surface area contributed by atoms with E-state index < -0.39 is 0 Å². The lowest BCUT2D eigenvalue weighted by atomic mass is 9.63. The van der Waals surface area contributed by atoms with Crippen LogP contribution in [0.4, 0.5) is 0 Å². The highest BCUT2D eigenvalue weighted by Gasteiger charge is 2.41. The van der Waals surface area contributed by atoms with Gasteiger partial charge in [-0.3, -0.25) is 14.4 Å². The Balaban J connectivity index is 1.27. The average molecular weight is 539 g/mol. The largest absolute Gasteiger partial charge is 0.496 e. The molecule has 208 valence electrons. The lowest BCUT2D eigenvalue weighted by molar-refractivity contribution is -0.134. The number of carbonyl (C=O) groups is 3. The number of likely N-dealkylation sites (tertiary alicyclic amines) is 1. The van der Waals surface area contributed by atoms with Gasteiger partial charge in [-0.2, -0.15) is 0 Å². The van der Waals surface area contributed by atoms with Gasteiger partial charge in [0.25, 0.3) is 5.91 Å². The predicted octanol–water partition coefficient (Wildman–Crippen LogP) is 5.56. The van der Waals surface area contributed by atoms with E-state index >= 15 is 0 Å². The van der Waals surface area contributed by atoms with Crippen molar-refractivity contribution in [3.63, 3.8) is 0 Å². The number of rotatable bonds is 8. The second kappa shape index (κ2) is 12.5. The molecule has 1 aliphatic carbocycles. The first kappa shape index (κ1) is 27.6. The van der Waals surface area contributed by atoms with Crippen LogP contribution in [-0.2, 0) is 21.5 Å². The number of ketones is 1. The third-order valence-electron chi connectivity index (χ3n) is 8.84. The summed E-state index contributed by atoms with van der Waals surface area (Å²) in [5, 5.41) is 3.20. The maximum atomic E-state index is 13.2. The summed E-state index contributed by atoms with van der Waals surface area (Å²) in [7, 11) is 1.57. The second-order valence-electron chi connectivity index (χ2n) is 11.3. The molecule has 2 aliphatic rings. The van der Waals surface area contributed by atoms with Crippen molar-refractivity contribution >= 4 is 17.6 Å². The third-order valence-corrected chi connectivity index (χ3v) is 8.84. The fourth-order valence-corrected chi connectivity index (χ4v) is 6.57. The molecule has 3 aromatic rings. The number of benzene rings is 3. The summed E-state index contributed by atoms with van der Waals surface area (Å²) in [5.74, 6) is 1.01. The van der Waals surface area contributed by atoms with E-state index in [-0.39, 0.29) is 35.5 Å². The van der Waals surface area contributed by atoms with Crippen molar-refractivity contribution in [2.75, 3.05) is 20.2 Å². The molecule has 5 rings (SSSR count). The molecule has 0 bridgehead atoms. The minimum Gasteiger partial charge on any atom is -0.496 e. The quantitative estimate of drug-likeness (QED) is 0.407. The molecule has 0 aromatic heterocycles. The second-order valence-corrected chi connectivity index (χ2v) is 11.3. The van der Waals surface area contributed by atoms with E-state index in [2.05, 4.69) is 29.6 Å². The van der Waals surface area contributed by atoms with Crippen LogP contribution in [0.5, 0.6) is 5.75 Å². The van der Waals surface area contributed by atoms with Gasteiger partial charge < -0.3 is 15.0 Å². The number of methoxy groups -OCH3 is 1. The molecule has 1 saturated carbocycles. The number of Topliss-reactive ketones (excluding diaryl/α,β-unsaturated/α-hetero) is 1. The summed E-state index contributed by atoms with van der Waals surface area (Å²) in [5.41, 5.74) is 2.59. The number of ether oxygens (including phenoxy) is 1. The molecular formula is C34H38N2O4. The Morgan fingerprint density at radius 3 is 2.23 bits per heavy atom. The molecule has 0 radical (unpaired) electrons. The van der Waals surface area contributed by atoms with Crippen molar-refractivity contribution < 1.29 is 19.1 Å². The number of hydrogen-bond donors (Lipinski definition) is 1. The van der Waals surface area contributed by atoms with Gasteiger partial charge in [0.15, 0.2) is 5.78 Å². The van der Waals surface area contributed by atoms with Crippen LogP contribution in [0, 0.1) is 11.8 Å². The molecule has 0 spiro atoms. The van der Waals surface area contributed by atoms with E-state index in [0.717, 1.165) is 31.2 Å². The number of hydrogen-bond acceptors (Lipinski definition) is 4. The van der Waals surface area contributed by atoms with Crippen molar-refractivity contribution in [2.45, 2.75) is 50.5 Å². The smallest absolute Gasteiger partial charge is 0.255 e. The van der Waals surface area contributed by atoms with Crippen LogP contribution >= 0.6 is 0 Å². The average Bonchev–Trinajstić information content (AvgIpc) is 3.14. The Hall–Kier alpha value is -3.93.